The molecule has 0 unspecified atom stereocenters. The molecule has 0 saturated carbocycles. The summed E-state index contributed by atoms with van der Waals surface area (Å²) in [7, 11) is 0. The highest BCUT2D eigenvalue weighted by Crippen LogP contribution is 2.15. The molecule has 1 aromatic carbocycles. The van der Waals surface area contributed by atoms with Crippen LogP contribution in [0.3, 0.4) is 0 Å². The summed E-state index contributed by atoms with van der Waals surface area (Å²) in [6, 6.07) is 8.53. The normalized spacial score (nSPS) is 17.3. The van der Waals surface area contributed by atoms with E-state index in [9.17, 15) is 0 Å². The molecule has 3 nitrogen and oxygen atoms in total. The Kier molecular flexibility index (Phi) is 5.58. The minimum Gasteiger partial charge on any atom is -0.370 e. The van der Waals surface area contributed by atoms with E-state index in [1.165, 1.54) is 36.1 Å². The van der Waals surface area contributed by atoms with Crippen LogP contribution < -0.4 is 5.73 Å². The van der Waals surface area contributed by atoms with Crippen molar-refractivity contribution in [2.75, 3.05) is 19.3 Å². The number of likely N-dealkylation sites (tertiary alicyclic amines) is 1. The van der Waals surface area contributed by atoms with Gasteiger partial charge in [0.15, 0.2) is 5.96 Å². The van der Waals surface area contributed by atoms with Crippen molar-refractivity contribution in [2.24, 2.45) is 10.7 Å². The van der Waals surface area contributed by atoms with Gasteiger partial charge in [0.25, 0.3) is 0 Å². The summed E-state index contributed by atoms with van der Waals surface area (Å²) in [5, 5.41) is 0. The Morgan fingerprint density at radius 1 is 1.16 bits per heavy atom. The van der Waals surface area contributed by atoms with Crippen LogP contribution in [0.15, 0.2) is 34.2 Å². The number of aliphatic imine (C=N–C) groups is 1. The highest BCUT2D eigenvalue weighted by atomic mass is 32.2. The number of rotatable bonds is 3. The lowest BCUT2D eigenvalue weighted by Crippen LogP contribution is -2.38. The number of nitrogens with zero attached hydrogens (tertiary/aromatic N) is 2. The smallest absolute Gasteiger partial charge is 0.191 e. The molecule has 0 radical (unpaired) electrons. The molecule has 4 heteroatoms. The minimum atomic E-state index is 0.678. The maximum atomic E-state index is 6.09. The molecule has 1 heterocycles. The van der Waals surface area contributed by atoms with Crippen LogP contribution in [-0.2, 0) is 6.54 Å². The Morgan fingerprint density at radius 2 is 1.79 bits per heavy atom. The summed E-state index contributed by atoms with van der Waals surface area (Å²) < 4.78 is 0. The predicted octanol–water partition coefficient (Wildman–Crippen LogP) is 3.10. The molecular formula is C15H23N3S. The number of hydrogen-bond acceptors (Lipinski definition) is 2. The first kappa shape index (κ1) is 14.3. The van der Waals surface area contributed by atoms with Gasteiger partial charge >= 0.3 is 0 Å². The fourth-order valence-electron chi connectivity index (χ4n) is 2.30. The van der Waals surface area contributed by atoms with Crippen molar-refractivity contribution < 1.29 is 0 Å². The molecule has 1 aliphatic heterocycles. The van der Waals surface area contributed by atoms with Gasteiger partial charge in [0.1, 0.15) is 0 Å². The van der Waals surface area contributed by atoms with Gasteiger partial charge in [-0.1, -0.05) is 25.0 Å². The molecule has 0 atom stereocenters. The second-order valence-electron chi connectivity index (χ2n) is 4.92. The highest BCUT2D eigenvalue weighted by Gasteiger charge is 2.10. The first-order valence-electron chi connectivity index (χ1n) is 6.97. The maximum absolute atomic E-state index is 6.09. The van der Waals surface area contributed by atoms with Crippen molar-refractivity contribution in [3.05, 3.63) is 29.8 Å². The van der Waals surface area contributed by atoms with Crippen LogP contribution >= 0.6 is 11.8 Å². The van der Waals surface area contributed by atoms with E-state index in [4.69, 9.17) is 5.73 Å². The molecule has 2 rings (SSSR count). The van der Waals surface area contributed by atoms with Crippen molar-refractivity contribution >= 4 is 17.7 Å². The lowest BCUT2D eigenvalue weighted by molar-refractivity contribution is 0.428. The van der Waals surface area contributed by atoms with Gasteiger partial charge in [-0.2, -0.15) is 0 Å². The molecule has 2 N–H and O–H groups in total. The van der Waals surface area contributed by atoms with Crippen molar-refractivity contribution in [3.8, 4) is 0 Å². The molecule has 1 fully saturated rings. The molecule has 0 amide bonds. The van der Waals surface area contributed by atoms with E-state index >= 15 is 0 Å². The minimum absolute atomic E-state index is 0.678. The number of guanidine groups is 1. The zero-order chi connectivity index (χ0) is 13.5. The summed E-state index contributed by atoms with van der Waals surface area (Å²) in [6.07, 6.45) is 7.20. The summed E-state index contributed by atoms with van der Waals surface area (Å²) in [6.45, 7) is 2.79. The monoisotopic (exact) mass is 277 g/mol. The van der Waals surface area contributed by atoms with Crippen molar-refractivity contribution in [1.29, 1.82) is 0 Å². The molecule has 19 heavy (non-hydrogen) atoms. The van der Waals surface area contributed by atoms with E-state index in [1.54, 1.807) is 11.8 Å². The van der Waals surface area contributed by atoms with Crippen LogP contribution in [0.4, 0.5) is 0 Å². The predicted molar refractivity (Wildman–Crippen MR) is 83.6 cm³/mol. The highest BCUT2D eigenvalue weighted by molar-refractivity contribution is 7.98. The van der Waals surface area contributed by atoms with E-state index < -0.39 is 0 Å². The van der Waals surface area contributed by atoms with E-state index in [1.807, 2.05) is 0 Å². The van der Waals surface area contributed by atoms with E-state index in [0.29, 0.717) is 12.5 Å². The summed E-state index contributed by atoms with van der Waals surface area (Å²) in [5.74, 6) is 0.704. The van der Waals surface area contributed by atoms with E-state index in [2.05, 4.69) is 40.4 Å². The topological polar surface area (TPSA) is 41.6 Å². The van der Waals surface area contributed by atoms with Gasteiger partial charge in [-0.25, -0.2) is 4.99 Å². The third-order valence-electron chi connectivity index (χ3n) is 3.51. The Labute approximate surface area is 120 Å². The van der Waals surface area contributed by atoms with Gasteiger partial charge in [-0.3, -0.25) is 0 Å². The summed E-state index contributed by atoms with van der Waals surface area (Å²) in [5.41, 5.74) is 7.31. The van der Waals surface area contributed by atoms with Gasteiger partial charge in [0.2, 0.25) is 0 Å². The standard InChI is InChI=1S/C15H23N3S/c1-19-14-8-6-13(7-9-14)12-17-15(16)18-10-4-2-3-5-11-18/h6-9H,2-5,10-12H2,1H3,(H2,16,17). The van der Waals surface area contributed by atoms with Gasteiger partial charge in [-0.15, -0.1) is 11.8 Å². The number of nitrogens with two attached hydrogens (primary N) is 1. The lowest BCUT2D eigenvalue weighted by Gasteiger charge is -2.21. The average molecular weight is 277 g/mol. The molecule has 104 valence electrons. The molecular weight excluding hydrogens is 254 g/mol. The zero-order valence-electron chi connectivity index (χ0n) is 11.6. The first-order chi connectivity index (χ1) is 9.29. The van der Waals surface area contributed by atoms with Crippen LogP contribution in [-0.4, -0.2) is 30.2 Å². The fourth-order valence-corrected chi connectivity index (χ4v) is 2.71. The van der Waals surface area contributed by atoms with Crippen LogP contribution in [0.2, 0.25) is 0 Å². The SMILES string of the molecule is CSc1ccc(CN=C(N)N2CCCCCC2)cc1. The zero-order valence-corrected chi connectivity index (χ0v) is 12.5. The quantitative estimate of drug-likeness (QED) is 0.524. The van der Waals surface area contributed by atoms with Crippen molar-refractivity contribution in [3.63, 3.8) is 0 Å². The second-order valence-corrected chi connectivity index (χ2v) is 5.80. The third-order valence-corrected chi connectivity index (χ3v) is 4.26. The van der Waals surface area contributed by atoms with E-state index in [0.717, 1.165) is 13.1 Å². The average Bonchev–Trinajstić information content (AvgIpc) is 2.74. The molecule has 1 aromatic rings. The molecule has 0 aliphatic carbocycles. The van der Waals surface area contributed by atoms with Crippen molar-refractivity contribution in [1.82, 2.24) is 4.90 Å². The Bertz CT molecular complexity index is 406. The van der Waals surface area contributed by atoms with Gasteiger partial charge in [0, 0.05) is 18.0 Å². The fraction of sp³-hybridized carbons (Fsp3) is 0.533. The molecule has 0 spiro atoms. The van der Waals surface area contributed by atoms with Crippen LogP contribution in [0, 0.1) is 0 Å². The third kappa shape index (κ3) is 4.46. The lowest BCUT2D eigenvalue weighted by atomic mass is 10.2. The Balaban J connectivity index is 1.92. The summed E-state index contributed by atoms with van der Waals surface area (Å²) in [4.78, 5) is 8.04. The summed E-state index contributed by atoms with van der Waals surface area (Å²) >= 11 is 1.76. The molecule has 0 aromatic heterocycles. The Hall–Kier alpha value is -1.16. The van der Waals surface area contributed by atoms with Crippen LogP contribution in [0.1, 0.15) is 31.2 Å². The number of hydrogen-bond donors (Lipinski definition) is 1. The maximum Gasteiger partial charge on any atom is 0.191 e. The van der Waals surface area contributed by atoms with Gasteiger partial charge in [-0.05, 0) is 36.8 Å². The molecule has 1 saturated heterocycles. The van der Waals surface area contributed by atoms with Crippen LogP contribution in [0.25, 0.3) is 0 Å². The second kappa shape index (κ2) is 7.43. The number of benzene rings is 1. The largest absolute Gasteiger partial charge is 0.370 e. The van der Waals surface area contributed by atoms with Crippen LogP contribution in [0.5, 0.6) is 0 Å². The molecule has 1 aliphatic rings. The van der Waals surface area contributed by atoms with Gasteiger partial charge < -0.3 is 10.6 Å². The van der Waals surface area contributed by atoms with Gasteiger partial charge in [0.05, 0.1) is 6.54 Å². The molecule has 0 bridgehead atoms. The Morgan fingerprint density at radius 3 is 2.37 bits per heavy atom. The first-order valence-corrected chi connectivity index (χ1v) is 8.20. The number of thioether (sulfide) groups is 1. The van der Waals surface area contributed by atoms with E-state index in [-0.39, 0.29) is 0 Å². The van der Waals surface area contributed by atoms with Crippen molar-refractivity contribution in [2.45, 2.75) is 37.1 Å².